The second-order valence-electron chi connectivity index (χ2n) is 7.48. The number of piperidine rings is 3. The fourth-order valence-electron chi connectivity index (χ4n) is 5.29. The van der Waals surface area contributed by atoms with Crippen molar-refractivity contribution >= 4 is 12.1 Å². The second-order valence-corrected chi connectivity index (χ2v) is 7.48. The molecule has 6 nitrogen and oxygen atoms in total. The van der Waals surface area contributed by atoms with E-state index in [0.29, 0.717) is 36.4 Å². The number of carbonyl (C=O) groups is 2. The smallest absolute Gasteiger partial charge is 0.409 e. The Morgan fingerprint density at radius 2 is 1.87 bits per heavy atom. The molecule has 0 N–H and O–H groups in total. The summed E-state index contributed by atoms with van der Waals surface area (Å²) >= 11 is 0. The molecule has 5 rings (SSSR count). The highest BCUT2D eigenvalue weighted by Crippen LogP contribution is 2.54. The zero-order valence-electron chi connectivity index (χ0n) is 13.9. The van der Waals surface area contributed by atoms with Crippen molar-refractivity contribution in [3.8, 4) is 0 Å². The quantitative estimate of drug-likeness (QED) is 0.734. The van der Waals surface area contributed by atoms with E-state index in [1.807, 2.05) is 11.8 Å². The molecule has 0 aromatic rings. The van der Waals surface area contributed by atoms with Gasteiger partial charge < -0.3 is 14.4 Å². The van der Waals surface area contributed by atoms with Crippen LogP contribution >= 0.6 is 0 Å². The highest BCUT2D eigenvalue weighted by molar-refractivity contribution is 5.77. The minimum atomic E-state index is -0.176. The molecule has 1 amide bonds. The van der Waals surface area contributed by atoms with E-state index in [1.54, 1.807) is 0 Å². The normalized spacial score (nSPS) is 41.6. The van der Waals surface area contributed by atoms with Gasteiger partial charge in [0.25, 0.3) is 0 Å². The number of nitrogens with zero attached hydrogens (tertiary/aromatic N) is 2. The van der Waals surface area contributed by atoms with Gasteiger partial charge in [-0.2, -0.15) is 0 Å². The maximum absolute atomic E-state index is 11.9. The number of fused-ring (bicyclic) bond motifs is 4. The lowest BCUT2D eigenvalue weighted by atomic mass is 9.75. The third-order valence-corrected chi connectivity index (χ3v) is 6.46. The third-order valence-electron chi connectivity index (χ3n) is 6.46. The summed E-state index contributed by atoms with van der Waals surface area (Å²) in [5, 5.41) is 0. The SMILES string of the molecule is CCOC(=O)C1[C@H]2CN(C3CC4CCC3CN4C(=O)OC)C[C@@H]12. The van der Waals surface area contributed by atoms with Crippen LogP contribution in [0.1, 0.15) is 26.2 Å². The van der Waals surface area contributed by atoms with Gasteiger partial charge in [-0.25, -0.2) is 4.79 Å². The van der Waals surface area contributed by atoms with Crippen LogP contribution in [0.3, 0.4) is 0 Å². The number of ether oxygens (including phenoxy) is 2. The number of methoxy groups -OCH3 is 1. The lowest BCUT2D eigenvalue weighted by molar-refractivity contribution is -0.146. The molecule has 3 saturated heterocycles. The molecule has 5 aliphatic rings. The van der Waals surface area contributed by atoms with E-state index in [9.17, 15) is 9.59 Å². The zero-order chi connectivity index (χ0) is 16.1. The Bertz CT molecular complexity index is 499. The predicted octanol–water partition coefficient (Wildman–Crippen LogP) is 1.35. The van der Waals surface area contributed by atoms with Crippen LogP contribution in [0.15, 0.2) is 0 Å². The van der Waals surface area contributed by atoms with E-state index in [1.165, 1.54) is 13.5 Å². The van der Waals surface area contributed by atoms with E-state index < -0.39 is 0 Å². The van der Waals surface area contributed by atoms with Crippen molar-refractivity contribution in [1.82, 2.24) is 9.80 Å². The molecule has 2 bridgehead atoms. The maximum Gasteiger partial charge on any atom is 0.409 e. The molecule has 0 radical (unpaired) electrons. The molecule has 6 heteroatoms. The largest absolute Gasteiger partial charge is 0.466 e. The Morgan fingerprint density at radius 1 is 1.13 bits per heavy atom. The van der Waals surface area contributed by atoms with Crippen LogP contribution in [-0.2, 0) is 14.3 Å². The number of hydrogen-bond acceptors (Lipinski definition) is 5. The summed E-state index contributed by atoms with van der Waals surface area (Å²) in [5.41, 5.74) is 0. The number of esters is 1. The van der Waals surface area contributed by atoms with Gasteiger partial charge in [-0.1, -0.05) is 0 Å². The van der Waals surface area contributed by atoms with Gasteiger partial charge in [0.1, 0.15) is 0 Å². The van der Waals surface area contributed by atoms with Crippen LogP contribution in [0, 0.1) is 23.7 Å². The zero-order valence-corrected chi connectivity index (χ0v) is 13.9. The fourth-order valence-corrected chi connectivity index (χ4v) is 5.29. The van der Waals surface area contributed by atoms with Crippen molar-refractivity contribution in [1.29, 1.82) is 0 Å². The standard InChI is InChI=1S/C17H26N2O4/c1-3-23-16(20)15-12-8-18(9-13(12)15)14-6-11-5-4-10(14)7-19(11)17(21)22-2/h10-15H,3-9H2,1-2H3/t10?,11?,12-,13+,14?,15?. The van der Waals surface area contributed by atoms with E-state index in [4.69, 9.17) is 9.47 Å². The molecule has 2 aliphatic carbocycles. The molecule has 4 unspecified atom stereocenters. The molecular formula is C17H26N2O4. The first kappa shape index (κ1) is 15.2. The van der Waals surface area contributed by atoms with Gasteiger partial charge in [0.05, 0.1) is 19.6 Å². The average Bonchev–Trinajstić information content (AvgIpc) is 3.09. The number of rotatable bonds is 3. The summed E-state index contributed by atoms with van der Waals surface area (Å²) in [5.74, 6) is 1.72. The minimum absolute atomic E-state index is 0.00387. The molecule has 5 fully saturated rings. The van der Waals surface area contributed by atoms with E-state index in [2.05, 4.69) is 4.90 Å². The summed E-state index contributed by atoms with van der Waals surface area (Å²) < 4.78 is 10.1. The lowest BCUT2D eigenvalue weighted by Gasteiger charge is -2.51. The molecule has 0 spiro atoms. The Kier molecular flexibility index (Phi) is 3.75. The summed E-state index contributed by atoms with van der Waals surface area (Å²) in [6, 6.07) is 0.903. The Hall–Kier alpha value is -1.30. The Balaban J connectivity index is 1.34. The van der Waals surface area contributed by atoms with Gasteiger partial charge >= 0.3 is 12.1 Å². The first-order valence-corrected chi connectivity index (χ1v) is 8.89. The molecular weight excluding hydrogens is 296 g/mol. The van der Waals surface area contributed by atoms with Gasteiger partial charge in [0.2, 0.25) is 0 Å². The Labute approximate surface area is 137 Å². The summed E-state index contributed by atoms with van der Waals surface area (Å²) in [6.45, 7) is 5.23. The summed E-state index contributed by atoms with van der Waals surface area (Å²) in [7, 11) is 1.46. The molecule has 6 atom stereocenters. The topological polar surface area (TPSA) is 59.1 Å². The predicted molar refractivity (Wildman–Crippen MR) is 82.7 cm³/mol. The monoisotopic (exact) mass is 322 g/mol. The highest BCUT2D eigenvalue weighted by atomic mass is 16.5. The Morgan fingerprint density at radius 3 is 2.43 bits per heavy atom. The summed E-state index contributed by atoms with van der Waals surface area (Å²) in [6.07, 6.45) is 3.19. The minimum Gasteiger partial charge on any atom is -0.466 e. The van der Waals surface area contributed by atoms with Crippen LogP contribution in [0.2, 0.25) is 0 Å². The van der Waals surface area contributed by atoms with Crippen molar-refractivity contribution in [2.75, 3.05) is 33.4 Å². The van der Waals surface area contributed by atoms with Gasteiger partial charge in [-0.05, 0) is 43.9 Å². The first-order chi connectivity index (χ1) is 11.1. The van der Waals surface area contributed by atoms with Crippen LogP contribution in [0.25, 0.3) is 0 Å². The molecule has 0 aromatic carbocycles. The van der Waals surface area contributed by atoms with E-state index >= 15 is 0 Å². The van der Waals surface area contributed by atoms with Crippen molar-refractivity contribution < 1.29 is 19.1 Å². The average molecular weight is 322 g/mol. The number of hydrogen-bond donors (Lipinski definition) is 0. The number of carbonyl (C=O) groups excluding carboxylic acids is 2. The third kappa shape index (κ3) is 2.42. The fraction of sp³-hybridized carbons (Fsp3) is 0.882. The van der Waals surface area contributed by atoms with Gasteiger partial charge in [0.15, 0.2) is 0 Å². The van der Waals surface area contributed by atoms with Crippen molar-refractivity contribution in [3.05, 3.63) is 0 Å². The maximum atomic E-state index is 11.9. The van der Waals surface area contributed by atoms with Crippen LogP contribution in [0.4, 0.5) is 4.79 Å². The van der Waals surface area contributed by atoms with Crippen LogP contribution < -0.4 is 0 Å². The van der Waals surface area contributed by atoms with E-state index in [-0.39, 0.29) is 18.0 Å². The van der Waals surface area contributed by atoms with Crippen molar-refractivity contribution in [2.45, 2.75) is 38.3 Å². The molecule has 0 aromatic heterocycles. The van der Waals surface area contributed by atoms with E-state index in [0.717, 1.165) is 32.5 Å². The molecule has 23 heavy (non-hydrogen) atoms. The van der Waals surface area contributed by atoms with Crippen molar-refractivity contribution in [3.63, 3.8) is 0 Å². The van der Waals surface area contributed by atoms with Gasteiger partial charge in [-0.3, -0.25) is 9.69 Å². The van der Waals surface area contributed by atoms with Crippen LogP contribution in [-0.4, -0.2) is 67.3 Å². The number of likely N-dealkylation sites (tertiary alicyclic amines) is 1. The van der Waals surface area contributed by atoms with Crippen LogP contribution in [0.5, 0.6) is 0 Å². The molecule has 2 saturated carbocycles. The molecule has 3 aliphatic heterocycles. The van der Waals surface area contributed by atoms with Gasteiger partial charge in [-0.15, -0.1) is 0 Å². The molecule has 3 heterocycles. The van der Waals surface area contributed by atoms with Crippen molar-refractivity contribution in [2.24, 2.45) is 23.7 Å². The summed E-state index contributed by atoms with van der Waals surface area (Å²) in [4.78, 5) is 28.2. The second kappa shape index (κ2) is 5.65. The van der Waals surface area contributed by atoms with Gasteiger partial charge in [0, 0.05) is 31.7 Å². The number of amides is 1. The highest BCUT2D eigenvalue weighted by Gasteiger charge is 2.62. The lowest BCUT2D eigenvalue weighted by Crippen LogP contribution is -2.60. The first-order valence-electron chi connectivity index (χ1n) is 8.89. The molecule has 128 valence electrons.